The van der Waals surface area contributed by atoms with E-state index in [-0.39, 0.29) is 12.3 Å². The maximum absolute atomic E-state index is 13.4. The van der Waals surface area contributed by atoms with Crippen molar-refractivity contribution in [3.05, 3.63) is 67.0 Å². The Kier molecular flexibility index (Phi) is 6.74. The minimum Gasteiger partial charge on any atom is -0.483 e. The number of carbonyl (C=O) groups is 1. The summed E-state index contributed by atoms with van der Waals surface area (Å²) in [5.74, 6) is 0.573. The third kappa shape index (κ3) is 4.45. The van der Waals surface area contributed by atoms with E-state index in [0.29, 0.717) is 6.54 Å². The van der Waals surface area contributed by atoms with Crippen LogP contribution in [0.15, 0.2) is 55.5 Å². The highest BCUT2D eigenvalue weighted by Gasteiger charge is 2.19. The van der Waals surface area contributed by atoms with E-state index in [9.17, 15) is 4.39 Å². The Bertz CT molecular complexity index is 1100. The number of carboxylic acid groups (broad SMARTS) is 1. The molecule has 0 unspecified atom stereocenters. The Morgan fingerprint density at radius 3 is 2.40 bits per heavy atom. The van der Waals surface area contributed by atoms with Gasteiger partial charge in [0, 0.05) is 37.2 Å². The monoisotopic (exact) mass is 410 g/mol. The summed E-state index contributed by atoms with van der Waals surface area (Å²) >= 11 is 0. The van der Waals surface area contributed by atoms with Gasteiger partial charge in [0.15, 0.2) is 5.82 Å². The summed E-state index contributed by atoms with van der Waals surface area (Å²) in [4.78, 5) is 22.0. The first-order valence-electron chi connectivity index (χ1n) is 9.52. The maximum Gasteiger partial charge on any atom is 0.290 e. The molecule has 156 valence electrons. The Morgan fingerprint density at radius 1 is 1.03 bits per heavy atom. The van der Waals surface area contributed by atoms with Gasteiger partial charge in [-0.25, -0.2) is 19.3 Å². The number of rotatable bonds is 6. The van der Waals surface area contributed by atoms with Crippen molar-refractivity contribution in [2.45, 2.75) is 33.5 Å². The van der Waals surface area contributed by atoms with Crippen LogP contribution in [0.4, 0.5) is 4.39 Å². The van der Waals surface area contributed by atoms with Crippen LogP contribution < -0.4 is 0 Å². The summed E-state index contributed by atoms with van der Waals surface area (Å²) in [5.41, 5.74) is 3.50. The summed E-state index contributed by atoms with van der Waals surface area (Å²) in [6.07, 6.45) is 9.41. The molecule has 1 aromatic carbocycles. The number of benzene rings is 1. The molecule has 0 aliphatic heterocycles. The molecular formula is C21H23FN6O2. The van der Waals surface area contributed by atoms with Crippen LogP contribution >= 0.6 is 0 Å². The number of hydrogen-bond acceptors (Lipinski definition) is 4. The zero-order valence-electron chi connectivity index (χ0n) is 16.8. The first kappa shape index (κ1) is 21.0. The van der Waals surface area contributed by atoms with Gasteiger partial charge in [-0.1, -0.05) is 0 Å². The lowest BCUT2D eigenvalue weighted by Gasteiger charge is -2.11. The van der Waals surface area contributed by atoms with Gasteiger partial charge in [0.2, 0.25) is 0 Å². The van der Waals surface area contributed by atoms with E-state index in [1.54, 1.807) is 24.7 Å². The van der Waals surface area contributed by atoms with E-state index in [1.165, 1.54) is 12.1 Å². The van der Waals surface area contributed by atoms with Gasteiger partial charge < -0.3 is 18.8 Å². The summed E-state index contributed by atoms with van der Waals surface area (Å²) in [6, 6.07) is 6.40. The third-order valence-electron chi connectivity index (χ3n) is 4.61. The quantitative estimate of drug-likeness (QED) is 0.491. The van der Waals surface area contributed by atoms with Crippen LogP contribution in [0.2, 0.25) is 0 Å². The predicted molar refractivity (Wildman–Crippen MR) is 110 cm³/mol. The van der Waals surface area contributed by atoms with Gasteiger partial charge >= 0.3 is 0 Å². The molecule has 0 aliphatic rings. The van der Waals surface area contributed by atoms with Gasteiger partial charge in [-0.3, -0.25) is 4.79 Å². The van der Waals surface area contributed by atoms with E-state index in [1.807, 2.05) is 23.3 Å². The second kappa shape index (κ2) is 9.64. The number of aromatic nitrogens is 6. The predicted octanol–water partition coefficient (Wildman–Crippen LogP) is 3.54. The molecule has 0 spiro atoms. The van der Waals surface area contributed by atoms with E-state index in [0.717, 1.165) is 41.6 Å². The normalized spacial score (nSPS) is 10.5. The molecule has 4 rings (SSSR count). The number of imidazole rings is 3. The molecular weight excluding hydrogens is 387 g/mol. The van der Waals surface area contributed by atoms with Crippen molar-refractivity contribution in [3.8, 4) is 22.8 Å². The van der Waals surface area contributed by atoms with Crippen LogP contribution in [0.3, 0.4) is 0 Å². The summed E-state index contributed by atoms with van der Waals surface area (Å²) in [7, 11) is 0. The van der Waals surface area contributed by atoms with Crippen LogP contribution in [-0.2, 0) is 24.4 Å². The zero-order valence-corrected chi connectivity index (χ0v) is 16.8. The number of halogens is 1. The molecule has 4 aromatic rings. The van der Waals surface area contributed by atoms with E-state index >= 15 is 0 Å². The van der Waals surface area contributed by atoms with Gasteiger partial charge in [-0.15, -0.1) is 0 Å². The van der Waals surface area contributed by atoms with E-state index in [2.05, 4.69) is 37.9 Å². The molecule has 1 N–H and O–H groups in total. The lowest BCUT2D eigenvalue weighted by atomic mass is 10.1. The molecule has 0 saturated carbocycles. The number of nitrogens with zero attached hydrogens (tertiary/aromatic N) is 6. The van der Waals surface area contributed by atoms with Crippen LogP contribution in [0.25, 0.3) is 22.8 Å². The first-order valence-corrected chi connectivity index (χ1v) is 9.52. The van der Waals surface area contributed by atoms with E-state index in [4.69, 9.17) is 9.90 Å². The lowest BCUT2D eigenvalue weighted by molar-refractivity contribution is -0.122. The average molecular weight is 410 g/mol. The Morgan fingerprint density at radius 2 is 1.77 bits per heavy atom. The van der Waals surface area contributed by atoms with Gasteiger partial charge in [0.05, 0.1) is 30.6 Å². The summed E-state index contributed by atoms with van der Waals surface area (Å²) < 4.78 is 19.5. The smallest absolute Gasteiger partial charge is 0.290 e. The maximum atomic E-state index is 13.4. The van der Waals surface area contributed by atoms with Crippen molar-refractivity contribution in [2.75, 3.05) is 0 Å². The standard InChI is InChI=1S/C20H21FN6.CH2O2/c1-3-25-11-17(23-13-25)12-27-14-24-18(15-5-7-16(21)8-6-15)19(27)20-22-9-10-26(20)4-2;2-1-3/h5-11,13-14H,3-4,12H2,1-2H3;1H,(H,2,3). The molecule has 0 atom stereocenters. The Hall–Kier alpha value is -3.75. The fourth-order valence-corrected chi connectivity index (χ4v) is 3.17. The highest BCUT2D eigenvalue weighted by Crippen LogP contribution is 2.31. The van der Waals surface area contributed by atoms with Gasteiger partial charge in [-0.05, 0) is 38.1 Å². The SMILES string of the molecule is CCn1cnc(Cn2cnc(-c3ccc(F)cc3)c2-c2nccn2CC)c1.O=CO. The van der Waals surface area contributed by atoms with Crippen molar-refractivity contribution >= 4 is 6.47 Å². The molecule has 9 heteroatoms. The summed E-state index contributed by atoms with van der Waals surface area (Å²) in [6.45, 7) is 6.18. The van der Waals surface area contributed by atoms with Crippen LogP contribution in [0, 0.1) is 5.82 Å². The summed E-state index contributed by atoms with van der Waals surface area (Å²) in [5, 5.41) is 6.89. The molecule has 0 fully saturated rings. The topological polar surface area (TPSA) is 90.8 Å². The van der Waals surface area contributed by atoms with E-state index < -0.39 is 0 Å². The van der Waals surface area contributed by atoms with Gasteiger partial charge in [0.1, 0.15) is 11.5 Å². The number of hydrogen-bond donors (Lipinski definition) is 1. The molecule has 0 saturated heterocycles. The molecule has 0 bridgehead atoms. The first-order chi connectivity index (χ1) is 14.6. The zero-order chi connectivity index (χ0) is 21.5. The van der Waals surface area contributed by atoms with Crippen molar-refractivity contribution in [1.82, 2.24) is 28.7 Å². The fourth-order valence-electron chi connectivity index (χ4n) is 3.17. The number of aryl methyl sites for hydroxylation is 2. The van der Waals surface area contributed by atoms with Gasteiger partial charge in [0.25, 0.3) is 6.47 Å². The minimum absolute atomic E-state index is 0.250. The van der Waals surface area contributed by atoms with Crippen molar-refractivity contribution in [3.63, 3.8) is 0 Å². The van der Waals surface area contributed by atoms with Crippen LogP contribution in [0.5, 0.6) is 0 Å². The molecule has 0 amide bonds. The third-order valence-corrected chi connectivity index (χ3v) is 4.61. The Balaban J connectivity index is 0.000000806. The molecule has 8 nitrogen and oxygen atoms in total. The fraction of sp³-hybridized carbons (Fsp3) is 0.238. The highest BCUT2D eigenvalue weighted by atomic mass is 19.1. The second-order valence-corrected chi connectivity index (χ2v) is 6.41. The largest absolute Gasteiger partial charge is 0.483 e. The highest BCUT2D eigenvalue weighted by molar-refractivity contribution is 5.75. The Labute approximate surface area is 173 Å². The molecule has 0 radical (unpaired) electrons. The van der Waals surface area contributed by atoms with Crippen molar-refractivity contribution in [2.24, 2.45) is 0 Å². The van der Waals surface area contributed by atoms with Crippen LogP contribution in [0.1, 0.15) is 19.5 Å². The molecule has 3 aromatic heterocycles. The second-order valence-electron chi connectivity index (χ2n) is 6.41. The lowest BCUT2D eigenvalue weighted by Crippen LogP contribution is -2.06. The average Bonchev–Trinajstić information content (AvgIpc) is 3.48. The van der Waals surface area contributed by atoms with Crippen molar-refractivity contribution in [1.29, 1.82) is 0 Å². The minimum atomic E-state index is -0.264. The molecule has 0 aliphatic carbocycles. The van der Waals surface area contributed by atoms with Crippen LogP contribution in [-0.4, -0.2) is 40.2 Å². The van der Waals surface area contributed by atoms with Gasteiger partial charge in [-0.2, -0.15) is 0 Å². The van der Waals surface area contributed by atoms with Crippen molar-refractivity contribution < 1.29 is 14.3 Å². The molecule has 3 heterocycles. The molecule has 30 heavy (non-hydrogen) atoms.